The van der Waals surface area contributed by atoms with Crippen LogP contribution in [-0.4, -0.2) is 33.2 Å². The highest BCUT2D eigenvalue weighted by molar-refractivity contribution is 5.94. The molecule has 0 aliphatic heterocycles. The number of hydrogen-bond acceptors (Lipinski definition) is 3. The molecule has 1 aromatic rings. The molecule has 76 valence electrons. The normalized spacial score (nSPS) is 12.1. The van der Waals surface area contributed by atoms with E-state index in [1.165, 1.54) is 12.3 Å². The van der Waals surface area contributed by atoms with Crippen LogP contribution < -0.4 is 5.32 Å². The molecule has 0 spiro atoms. The van der Waals surface area contributed by atoms with Gasteiger partial charge in [0.15, 0.2) is 0 Å². The molecule has 1 amide bonds. The number of hydrogen-bond donors (Lipinski definition) is 3. The molecule has 0 saturated carbocycles. The van der Waals surface area contributed by atoms with Crippen LogP contribution in [0.3, 0.4) is 0 Å². The first-order chi connectivity index (χ1) is 6.65. The zero-order valence-electron chi connectivity index (χ0n) is 7.65. The Labute approximate surface area is 80.3 Å². The lowest BCUT2D eigenvalue weighted by Gasteiger charge is -2.10. The molecule has 0 fully saturated rings. The Balaban J connectivity index is 2.60. The number of aliphatic carboxylic acids is 1. The molecule has 1 heterocycles. The molecule has 0 unspecified atom stereocenters. The molecule has 0 radical (unpaired) electrons. The van der Waals surface area contributed by atoms with Gasteiger partial charge in [0.1, 0.15) is 11.7 Å². The summed E-state index contributed by atoms with van der Waals surface area (Å²) in [4.78, 5) is 21.9. The van der Waals surface area contributed by atoms with Crippen molar-refractivity contribution in [2.45, 2.75) is 19.4 Å². The van der Waals surface area contributed by atoms with Gasteiger partial charge in [-0.05, 0) is 12.5 Å². The molecule has 14 heavy (non-hydrogen) atoms. The predicted molar refractivity (Wildman–Crippen MR) is 47.8 cm³/mol. The van der Waals surface area contributed by atoms with E-state index in [0.29, 0.717) is 6.42 Å². The van der Waals surface area contributed by atoms with Gasteiger partial charge >= 0.3 is 5.97 Å². The largest absolute Gasteiger partial charge is 0.480 e. The van der Waals surface area contributed by atoms with E-state index >= 15 is 0 Å². The van der Waals surface area contributed by atoms with E-state index in [1.807, 2.05) is 0 Å². The third-order valence-corrected chi connectivity index (χ3v) is 1.76. The first-order valence-corrected chi connectivity index (χ1v) is 4.18. The van der Waals surface area contributed by atoms with Gasteiger partial charge in [-0.3, -0.25) is 9.89 Å². The summed E-state index contributed by atoms with van der Waals surface area (Å²) in [5, 5.41) is 17.1. The highest BCUT2D eigenvalue weighted by Crippen LogP contribution is 1.96. The number of aromatic nitrogens is 2. The van der Waals surface area contributed by atoms with E-state index < -0.39 is 17.9 Å². The fourth-order valence-electron chi connectivity index (χ4n) is 0.957. The number of carbonyl (C=O) groups excluding carboxylic acids is 1. The first-order valence-electron chi connectivity index (χ1n) is 4.18. The Kier molecular flexibility index (Phi) is 3.22. The van der Waals surface area contributed by atoms with Gasteiger partial charge in [-0.25, -0.2) is 4.79 Å². The van der Waals surface area contributed by atoms with Crippen LogP contribution in [0.2, 0.25) is 0 Å². The van der Waals surface area contributed by atoms with Crippen LogP contribution in [0.1, 0.15) is 23.8 Å². The van der Waals surface area contributed by atoms with E-state index in [0.717, 1.165) is 0 Å². The second kappa shape index (κ2) is 4.40. The molecule has 6 nitrogen and oxygen atoms in total. The lowest BCUT2D eigenvalue weighted by atomic mass is 10.2. The average Bonchev–Trinajstić information content (AvgIpc) is 2.65. The number of aromatic amines is 1. The van der Waals surface area contributed by atoms with Gasteiger partial charge in [0, 0.05) is 6.20 Å². The first kappa shape index (κ1) is 10.2. The number of carboxylic acids is 1. The summed E-state index contributed by atoms with van der Waals surface area (Å²) in [5.74, 6) is -1.50. The smallest absolute Gasteiger partial charge is 0.326 e. The maximum Gasteiger partial charge on any atom is 0.326 e. The van der Waals surface area contributed by atoms with Crippen LogP contribution >= 0.6 is 0 Å². The second-order valence-corrected chi connectivity index (χ2v) is 2.74. The summed E-state index contributed by atoms with van der Waals surface area (Å²) < 4.78 is 0. The lowest BCUT2D eigenvalue weighted by Crippen LogP contribution is -2.40. The Bertz CT molecular complexity index is 321. The van der Waals surface area contributed by atoms with Crippen molar-refractivity contribution >= 4 is 11.9 Å². The summed E-state index contributed by atoms with van der Waals surface area (Å²) in [7, 11) is 0. The Morgan fingerprint density at radius 1 is 1.71 bits per heavy atom. The molecule has 0 aliphatic carbocycles. The zero-order valence-corrected chi connectivity index (χ0v) is 7.65. The lowest BCUT2D eigenvalue weighted by molar-refractivity contribution is -0.139. The van der Waals surface area contributed by atoms with Crippen molar-refractivity contribution in [3.8, 4) is 0 Å². The van der Waals surface area contributed by atoms with Crippen LogP contribution in [0.5, 0.6) is 0 Å². The monoisotopic (exact) mass is 197 g/mol. The molecule has 1 atom stereocenters. The number of nitrogens with zero attached hydrogens (tertiary/aromatic N) is 1. The van der Waals surface area contributed by atoms with Crippen LogP contribution in [0.4, 0.5) is 0 Å². The number of H-pyrrole nitrogens is 1. The number of carbonyl (C=O) groups is 2. The highest BCUT2D eigenvalue weighted by Gasteiger charge is 2.18. The van der Waals surface area contributed by atoms with Crippen molar-refractivity contribution in [2.24, 2.45) is 0 Å². The molecule has 1 rings (SSSR count). The van der Waals surface area contributed by atoms with Gasteiger partial charge in [-0.2, -0.15) is 5.10 Å². The SMILES string of the molecule is CC[C@@H](NC(=O)c1ccn[nH]1)C(=O)O. The van der Waals surface area contributed by atoms with Gasteiger partial charge < -0.3 is 10.4 Å². The molecule has 0 saturated heterocycles. The third-order valence-electron chi connectivity index (χ3n) is 1.76. The van der Waals surface area contributed by atoms with Crippen molar-refractivity contribution in [2.75, 3.05) is 0 Å². The average molecular weight is 197 g/mol. The molecular formula is C8H11N3O3. The minimum atomic E-state index is -1.04. The molecule has 0 aromatic carbocycles. The minimum absolute atomic E-state index is 0.254. The summed E-state index contributed by atoms with van der Waals surface area (Å²) in [6.07, 6.45) is 1.77. The van der Waals surface area contributed by atoms with Gasteiger partial charge in [0.05, 0.1) is 0 Å². The quantitative estimate of drug-likeness (QED) is 0.633. The molecule has 6 heteroatoms. The maximum atomic E-state index is 11.3. The molecular weight excluding hydrogens is 186 g/mol. The van der Waals surface area contributed by atoms with Crippen LogP contribution in [0.15, 0.2) is 12.3 Å². The standard InChI is InChI=1S/C8H11N3O3/c1-2-5(8(13)14)10-7(12)6-3-4-9-11-6/h3-5H,2H2,1H3,(H,9,11)(H,10,12)(H,13,14)/t5-/m1/s1. The van der Waals surface area contributed by atoms with Crippen LogP contribution in [0, 0.1) is 0 Å². The number of nitrogens with one attached hydrogen (secondary N) is 2. The minimum Gasteiger partial charge on any atom is -0.480 e. The topological polar surface area (TPSA) is 95.1 Å². The van der Waals surface area contributed by atoms with E-state index in [1.54, 1.807) is 6.92 Å². The van der Waals surface area contributed by atoms with Crippen molar-refractivity contribution in [3.63, 3.8) is 0 Å². The van der Waals surface area contributed by atoms with Crippen LogP contribution in [-0.2, 0) is 4.79 Å². The Hall–Kier alpha value is -1.85. The third kappa shape index (κ3) is 2.32. The summed E-state index contributed by atoms with van der Waals surface area (Å²) in [6, 6.07) is 0.620. The van der Waals surface area contributed by atoms with Crippen molar-refractivity contribution in [3.05, 3.63) is 18.0 Å². The molecule has 1 aromatic heterocycles. The van der Waals surface area contributed by atoms with Gasteiger partial charge in [-0.15, -0.1) is 0 Å². The fraction of sp³-hybridized carbons (Fsp3) is 0.375. The molecule has 3 N–H and O–H groups in total. The number of amides is 1. The number of carboxylic acid groups (broad SMARTS) is 1. The predicted octanol–water partition coefficient (Wildman–Crippen LogP) is 0.00270. The fourth-order valence-corrected chi connectivity index (χ4v) is 0.957. The maximum absolute atomic E-state index is 11.3. The van der Waals surface area contributed by atoms with Crippen LogP contribution in [0.25, 0.3) is 0 Å². The number of rotatable bonds is 4. The van der Waals surface area contributed by atoms with Gasteiger partial charge in [0.2, 0.25) is 0 Å². The van der Waals surface area contributed by atoms with Crippen molar-refractivity contribution in [1.29, 1.82) is 0 Å². The molecule has 0 bridgehead atoms. The highest BCUT2D eigenvalue weighted by atomic mass is 16.4. The summed E-state index contributed by atoms with van der Waals surface area (Å²) in [6.45, 7) is 1.69. The second-order valence-electron chi connectivity index (χ2n) is 2.74. The van der Waals surface area contributed by atoms with Gasteiger partial charge in [-0.1, -0.05) is 6.92 Å². The Morgan fingerprint density at radius 3 is 2.86 bits per heavy atom. The summed E-state index contributed by atoms with van der Waals surface area (Å²) >= 11 is 0. The van der Waals surface area contributed by atoms with E-state index in [9.17, 15) is 9.59 Å². The van der Waals surface area contributed by atoms with E-state index in [2.05, 4.69) is 15.5 Å². The molecule has 0 aliphatic rings. The summed E-state index contributed by atoms with van der Waals surface area (Å²) in [5.41, 5.74) is 0.254. The zero-order chi connectivity index (χ0) is 10.6. The van der Waals surface area contributed by atoms with Crippen molar-refractivity contribution in [1.82, 2.24) is 15.5 Å². The Morgan fingerprint density at radius 2 is 2.43 bits per heavy atom. The van der Waals surface area contributed by atoms with E-state index in [4.69, 9.17) is 5.11 Å². The van der Waals surface area contributed by atoms with E-state index in [-0.39, 0.29) is 5.69 Å². The van der Waals surface area contributed by atoms with Gasteiger partial charge in [0.25, 0.3) is 5.91 Å². The van der Waals surface area contributed by atoms with Crippen molar-refractivity contribution < 1.29 is 14.7 Å².